The van der Waals surface area contributed by atoms with Crippen LogP contribution < -0.4 is 10.5 Å². The number of methoxy groups -OCH3 is 1. The van der Waals surface area contributed by atoms with Crippen molar-refractivity contribution in [3.8, 4) is 5.75 Å². The van der Waals surface area contributed by atoms with Gasteiger partial charge in [0.05, 0.1) is 12.7 Å². The van der Waals surface area contributed by atoms with E-state index in [4.69, 9.17) is 10.5 Å². The quantitative estimate of drug-likeness (QED) is 0.861. The average Bonchev–Trinajstić information content (AvgIpc) is 2.14. The Morgan fingerprint density at radius 1 is 1.38 bits per heavy atom. The largest absolute Gasteiger partial charge is 0.496 e. The van der Waals surface area contributed by atoms with Gasteiger partial charge in [-0.1, -0.05) is 12.1 Å². The van der Waals surface area contributed by atoms with Gasteiger partial charge in [0.1, 0.15) is 5.75 Å². The molecule has 0 fully saturated rings. The highest BCUT2D eigenvalue weighted by molar-refractivity contribution is 5.42. The van der Waals surface area contributed by atoms with Gasteiger partial charge in [0, 0.05) is 5.54 Å². The summed E-state index contributed by atoms with van der Waals surface area (Å²) < 4.78 is 30.8. The fourth-order valence-corrected chi connectivity index (χ4v) is 1.66. The predicted octanol–water partition coefficient (Wildman–Crippen LogP) is 2.91. The number of ether oxygens (including phenoxy) is 1. The van der Waals surface area contributed by atoms with Crippen LogP contribution in [0.2, 0.25) is 0 Å². The zero-order valence-electron chi connectivity index (χ0n) is 9.76. The lowest BCUT2D eigenvalue weighted by atomic mass is 9.92. The highest BCUT2D eigenvalue weighted by Crippen LogP contribution is 2.33. The third-order valence-electron chi connectivity index (χ3n) is 2.24. The number of alkyl halides is 2. The lowest BCUT2D eigenvalue weighted by molar-refractivity contribution is 0.145. The van der Waals surface area contributed by atoms with Crippen molar-refractivity contribution in [2.24, 2.45) is 5.73 Å². The topological polar surface area (TPSA) is 35.2 Å². The van der Waals surface area contributed by atoms with Crippen molar-refractivity contribution in [1.82, 2.24) is 0 Å². The van der Waals surface area contributed by atoms with E-state index in [0.717, 1.165) is 0 Å². The van der Waals surface area contributed by atoms with Crippen LogP contribution in [0.3, 0.4) is 0 Å². The summed E-state index contributed by atoms with van der Waals surface area (Å²) >= 11 is 0. The van der Waals surface area contributed by atoms with Crippen LogP contribution in [0.15, 0.2) is 18.2 Å². The second-order valence-electron chi connectivity index (χ2n) is 4.50. The van der Waals surface area contributed by atoms with E-state index in [0.29, 0.717) is 12.0 Å². The van der Waals surface area contributed by atoms with Gasteiger partial charge < -0.3 is 10.5 Å². The Balaban J connectivity index is 3.17. The molecule has 1 rings (SSSR count). The molecule has 0 atom stereocenters. The van der Waals surface area contributed by atoms with Crippen molar-refractivity contribution in [2.45, 2.75) is 32.2 Å². The molecule has 0 amide bonds. The van der Waals surface area contributed by atoms with Gasteiger partial charge in [0.2, 0.25) is 0 Å². The van der Waals surface area contributed by atoms with Crippen LogP contribution in [0.5, 0.6) is 5.75 Å². The fraction of sp³-hybridized carbons (Fsp3) is 0.500. The van der Waals surface area contributed by atoms with Gasteiger partial charge in [-0.25, -0.2) is 8.78 Å². The first-order chi connectivity index (χ1) is 7.35. The van der Waals surface area contributed by atoms with E-state index in [9.17, 15) is 8.78 Å². The highest BCUT2D eigenvalue weighted by Gasteiger charge is 2.22. The van der Waals surface area contributed by atoms with Gasteiger partial charge in [-0.15, -0.1) is 0 Å². The number of nitrogens with two attached hydrogens (primary N) is 1. The standard InChI is InChI=1S/C12H17F2NO/c1-12(2,15)7-8-5-4-6-9(16-3)10(8)11(13)14/h4-6,11H,7,15H2,1-3H3. The van der Waals surface area contributed by atoms with Gasteiger partial charge >= 0.3 is 0 Å². The normalized spacial score (nSPS) is 11.9. The molecule has 1 aromatic rings. The zero-order chi connectivity index (χ0) is 12.3. The number of hydrogen-bond acceptors (Lipinski definition) is 2. The molecule has 0 spiro atoms. The Morgan fingerprint density at radius 2 is 2.00 bits per heavy atom. The molecule has 0 heterocycles. The van der Waals surface area contributed by atoms with Crippen LogP contribution >= 0.6 is 0 Å². The lowest BCUT2D eigenvalue weighted by Crippen LogP contribution is -2.34. The molecule has 0 aliphatic rings. The van der Waals surface area contributed by atoms with E-state index in [2.05, 4.69) is 0 Å². The van der Waals surface area contributed by atoms with Gasteiger partial charge in [0.25, 0.3) is 6.43 Å². The highest BCUT2D eigenvalue weighted by atomic mass is 19.3. The number of hydrogen-bond donors (Lipinski definition) is 1. The number of rotatable bonds is 4. The van der Waals surface area contributed by atoms with Crippen LogP contribution in [0, 0.1) is 0 Å². The van der Waals surface area contributed by atoms with Crippen LogP contribution in [-0.2, 0) is 6.42 Å². The molecule has 16 heavy (non-hydrogen) atoms. The van der Waals surface area contributed by atoms with Crippen LogP contribution in [0.4, 0.5) is 8.78 Å². The molecule has 1 aromatic carbocycles. The summed E-state index contributed by atoms with van der Waals surface area (Å²) in [6, 6.07) is 4.90. The number of benzene rings is 1. The maximum absolute atomic E-state index is 12.9. The molecule has 0 radical (unpaired) electrons. The fourth-order valence-electron chi connectivity index (χ4n) is 1.66. The van der Waals surface area contributed by atoms with Crippen LogP contribution in [0.25, 0.3) is 0 Å². The Labute approximate surface area is 94.4 Å². The van der Waals surface area contributed by atoms with Crippen LogP contribution in [0.1, 0.15) is 31.4 Å². The second kappa shape index (κ2) is 4.78. The van der Waals surface area contributed by atoms with Crippen molar-refractivity contribution < 1.29 is 13.5 Å². The molecule has 0 saturated carbocycles. The minimum Gasteiger partial charge on any atom is -0.496 e. The first-order valence-electron chi connectivity index (χ1n) is 5.08. The minimum atomic E-state index is -2.55. The molecule has 4 heteroatoms. The first-order valence-corrected chi connectivity index (χ1v) is 5.08. The van der Waals surface area contributed by atoms with Crippen molar-refractivity contribution in [3.05, 3.63) is 29.3 Å². The monoisotopic (exact) mass is 229 g/mol. The molecule has 2 nitrogen and oxygen atoms in total. The van der Waals surface area contributed by atoms with E-state index in [1.807, 2.05) is 13.8 Å². The molecule has 2 N–H and O–H groups in total. The molecule has 0 aromatic heterocycles. The van der Waals surface area contributed by atoms with Crippen molar-refractivity contribution in [1.29, 1.82) is 0 Å². The molecule has 0 aliphatic heterocycles. The summed E-state index contributed by atoms with van der Waals surface area (Å²) in [6.07, 6.45) is -2.15. The van der Waals surface area contributed by atoms with E-state index in [1.54, 1.807) is 12.1 Å². The third-order valence-corrected chi connectivity index (χ3v) is 2.24. The zero-order valence-corrected chi connectivity index (χ0v) is 9.76. The predicted molar refractivity (Wildman–Crippen MR) is 59.9 cm³/mol. The molecule has 0 bridgehead atoms. The van der Waals surface area contributed by atoms with E-state index >= 15 is 0 Å². The van der Waals surface area contributed by atoms with Gasteiger partial charge in [0.15, 0.2) is 0 Å². The molecule has 0 unspecified atom stereocenters. The second-order valence-corrected chi connectivity index (χ2v) is 4.50. The third kappa shape index (κ3) is 3.17. The van der Waals surface area contributed by atoms with Crippen molar-refractivity contribution in [3.63, 3.8) is 0 Å². The van der Waals surface area contributed by atoms with E-state index in [1.165, 1.54) is 13.2 Å². The summed E-state index contributed by atoms with van der Waals surface area (Å²) in [6.45, 7) is 3.61. The maximum Gasteiger partial charge on any atom is 0.267 e. The summed E-state index contributed by atoms with van der Waals surface area (Å²) in [7, 11) is 1.39. The van der Waals surface area contributed by atoms with Gasteiger partial charge in [-0.2, -0.15) is 0 Å². The summed E-state index contributed by atoms with van der Waals surface area (Å²) in [5, 5.41) is 0. The van der Waals surface area contributed by atoms with Gasteiger partial charge in [-0.3, -0.25) is 0 Å². The number of halogens is 2. The maximum atomic E-state index is 12.9. The molecular formula is C12H17F2NO. The molecule has 0 saturated heterocycles. The Hall–Kier alpha value is -1.16. The van der Waals surface area contributed by atoms with E-state index < -0.39 is 12.0 Å². The summed E-state index contributed by atoms with van der Waals surface area (Å²) in [5.74, 6) is 0.219. The summed E-state index contributed by atoms with van der Waals surface area (Å²) in [4.78, 5) is 0. The Morgan fingerprint density at radius 3 is 2.44 bits per heavy atom. The van der Waals surface area contributed by atoms with Crippen molar-refractivity contribution >= 4 is 0 Å². The Kier molecular flexibility index (Phi) is 3.86. The van der Waals surface area contributed by atoms with E-state index in [-0.39, 0.29) is 11.3 Å². The average molecular weight is 229 g/mol. The first kappa shape index (κ1) is 12.9. The smallest absolute Gasteiger partial charge is 0.267 e. The minimum absolute atomic E-state index is 0.0523. The van der Waals surface area contributed by atoms with Crippen LogP contribution in [-0.4, -0.2) is 12.6 Å². The Bertz CT molecular complexity index is 359. The van der Waals surface area contributed by atoms with Crippen molar-refractivity contribution in [2.75, 3.05) is 7.11 Å². The molecule has 90 valence electrons. The molecular weight excluding hydrogens is 212 g/mol. The molecule has 0 aliphatic carbocycles. The SMILES string of the molecule is COc1cccc(CC(C)(C)N)c1C(F)F. The lowest BCUT2D eigenvalue weighted by Gasteiger charge is -2.21. The van der Waals surface area contributed by atoms with Gasteiger partial charge in [-0.05, 0) is 31.9 Å². The summed E-state index contributed by atoms with van der Waals surface area (Å²) in [5.41, 5.74) is 5.82.